The predicted molar refractivity (Wildman–Crippen MR) is 105 cm³/mol. The topological polar surface area (TPSA) is 46.6 Å². The molecule has 0 saturated heterocycles. The summed E-state index contributed by atoms with van der Waals surface area (Å²) in [4.78, 5) is 25.6. The van der Waals surface area contributed by atoms with Crippen molar-refractivity contribution in [2.24, 2.45) is 5.92 Å². The summed E-state index contributed by atoms with van der Waals surface area (Å²) in [5.41, 5.74) is -1.27. The quantitative estimate of drug-likeness (QED) is 0.470. The minimum absolute atomic E-state index is 0.0245. The van der Waals surface area contributed by atoms with Gasteiger partial charge in [-0.2, -0.15) is 13.2 Å². The number of ether oxygens (including phenoxy) is 1. The Morgan fingerprint density at radius 2 is 1.89 bits per heavy atom. The number of thiophene rings is 1. The summed E-state index contributed by atoms with van der Waals surface area (Å²) in [5.74, 6) is -0.448. The van der Waals surface area contributed by atoms with Crippen molar-refractivity contribution in [2.45, 2.75) is 72.1 Å². The molecule has 1 aromatic heterocycles. The summed E-state index contributed by atoms with van der Waals surface area (Å²) in [6.07, 6.45) is -2.38. The number of halogens is 3. The van der Waals surface area contributed by atoms with E-state index in [1.807, 2.05) is 20.8 Å². The second-order valence-electron chi connectivity index (χ2n) is 7.02. The molecule has 1 rings (SSSR count). The SMILES string of the molecule is CCCC(C)C(CC)(Oc1csc(C(F)(F)F)c1)C(=O)N(CC)CCC(C)=O. The van der Waals surface area contributed by atoms with Crippen molar-refractivity contribution in [2.75, 3.05) is 13.1 Å². The van der Waals surface area contributed by atoms with E-state index in [1.165, 1.54) is 12.3 Å². The zero-order valence-electron chi connectivity index (χ0n) is 17.2. The Labute approximate surface area is 169 Å². The van der Waals surface area contributed by atoms with Crippen LogP contribution in [0.1, 0.15) is 65.2 Å². The van der Waals surface area contributed by atoms with Crippen molar-refractivity contribution in [1.29, 1.82) is 0 Å². The number of hydrogen-bond donors (Lipinski definition) is 0. The van der Waals surface area contributed by atoms with Gasteiger partial charge in [0.05, 0.1) is 0 Å². The minimum Gasteiger partial charge on any atom is -0.476 e. The van der Waals surface area contributed by atoms with Crippen LogP contribution in [0.3, 0.4) is 0 Å². The maximum absolute atomic E-state index is 13.4. The Balaban J connectivity index is 3.26. The van der Waals surface area contributed by atoms with Gasteiger partial charge < -0.3 is 9.64 Å². The van der Waals surface area contributed by atoms with Gasteiger partial charge in [0.2, 0.25) is 0 Å². The van der Waals surface area contributed by atoms with Gasteiger partial charge in [-0.15, -0.1) is 11.3 Å². The first kappa shape index (κ1) is 24.5. The lowest BCUT2D eigenvalue weighted by atomic mass is 9.81. The van der Waals surface area contributed by atoms with Crippen molar-refractivity contribution >= 4 is 23.0 Å². The highest BCUT2D eigenvalue weighted by Gasteiger charge is 2.46. The van der Waals surface area contributed by atoms with Crippen molar-refractivity contribution in [3.63, 3.8) is 0 Å². The standard InChI is InChI=1S/C20H30F3NO3S/c1-6-9-14(4)19(7-2,18(26)24(8-3)11-10-15(5)25)27-16-12-17(28-13-16)20(21,22)23/h12-14H,6-11H2,1-5H3. The summed E-state index contributed by atoms with van der Waals surface area (Å²) < 4.78 is 44.9. The number of carbonyl (C=O) groups excluding carboxylic acids is 2. The van der Waals surface area contributed by atoms with Crippen LogP contribution in [0.25, 0.3) is 0 Å². The molecule has 0 N–H and O–H groups in total. The van der Waals surface area contributed by atoms with Crippen LogP contribution in [0.15, 0.2) is 11.4 Å². The fourth-order valence-corrected chi connectivity index (χ4v) is 3.96. The van der Waals surface area contributed by atoms with E-state index in [4.69, 9.17) is 4.74 Å². The van der Waals surface area contributed by atoms with Gasteiger partial charge >= 0.3 is 6.18 Å². The van der Waals surface area contributed by atoms with E-state index in [0.29, 0.717) is 30.7 Å². The highest BCUT2D eigenvalue weighted by molar-refractivity contribution is 7.10. The van der Waals surface area contributed by atoms with Gasteiger partial charge in [0.1, 0.15) is 16.4 Å². The van der Waals surface area contributed by atoms with Gasteiger partial charge in [0.15, 0.2) is 5.60 Å². The number of alkyl halides is 3. The Morgan fingerprint density at radius 1 is 1.25 bits per heavy atom. The number of ketones is 1. The average Bonchev–Trinajstić information content (AvgIpc) is 3.08. The second-order valence-corrected chi connectivity index (χ2v) is 7.93. The molecule has 0 saturated carbocycles. The number of hydrogen-bond acceptors (Lipinski definition) is 4. The first-order valence-corrected chi connectivity index (χ1v) is 10.5. The van der Waals surface area contributed by atoms with Crippen molar-refractivity contribution < 1.29 is 27.5 Å². The zero-order chi connectivity index (χ0) is 21.5. The molecule has 1 aromatic rings. The second kappa shape index (κ2) is 10.3. The number of nitrogens with zero attached hydrogens (tertiary/aromatic N) is 1. The third-order valence-electron chi connectivity index (χ3n) is 4.96. The van der Waals surface area contributed by atoms with Crippen LogP contribution in [0.4, 0.5) is 13.2 Å². The monoisotopic (exact) mass is 421 g/mol. The summed E-state index contributed by atoms with van der Waals surface area (Å²) in [5, 5.41) is 1.30. The first-order valence-electron chi connectivity index (χ1n) is 9.65. The number of rotatable bonds is 11. The number of carbonyl (C=O) groups is 2. The molecule has 8 heteroatoms. The lowest BCUT2D eigenvalue weighted by molar-refractivity contribution is -0.154. The van der Waals surface area contributed by atoms with Crippen LogP contribution < -0.4 is 4.74 Å². The van der Waals surface area contributed by atoms with Gasteiger partial charge in [0.25, 0.3) is 5.91 Å². The van der Waals surface area contributed by atoms with Gasteiger partial charge in [-0.1, -0.05) is 27.2 Å². The predicted octanol–water partition coefficient (Wildman–Crippen LogP) is 5.56. The molecule has 0 aromatic carbocycles. The minimum atomic E-state index is -4.45. The highest BCUT2D eigenvalue weighted by atomic mass is 32.1. The summed E-state index contributed by atoms with van der Waals surface area (Å²) in [6.45, 7) is 9.63. The summed E-state index contributed by atoms with van der Waals surface area (Å²) in [7, 11) is 0. The number of amides is 1. The molecule has 28 heavy (non-hydrogen) atoms. The summed E-state index contributed by atoms with van der Waals surface area (Å²) in [6, 6.07) is 0.951. The fraction of sp³-hybridized carbons (Fsp3) is 0.700. The molecule has 0 bridgehead atoms. The first-order chi connectivity index (χ1) is 13.0. The average molecular weight is 422 g/mol. The normalized spacial score (nSPS) is 15.0. The smallest absolute Gasteiger partial charge is 0.425 e. The molecule has 0 fully saturated rings. The van der Waals surface area contributed by atoms with Crippen LogP contribution in [0.5, 0.6) is 5.75 Å². The molecule has 0 radical (unpaired) electrons. The molecule has 2 unspecified atom stereocenters. The van der Waals surface area contributed by atoms with E-state index in [2.05, 4.69) is 0 Å². The lowest BCUT2D eigenvalue weighted by Crippen LogP contribution is -2.56. The van der Waals surface area contributed by atoms with Gasteiger partial charge in [-0.05, 0) is 26.7 Å². The highest BCUT2D eigenvalue weighted by Crippen LogP contribution is 2.40. The maximum Gasteiger partial charge on any atom is 0.425 e. The number of Topliss-reactive ketones (excluding diaryl/α,β-unsaturated/α-hetero) is 1. The van der Waals surface area contributed by atoms with Crippen LogP contribution in [-0.4, -0.2) is 35.3 Å². The van der Waals surface area contributed by atoms with E-state index in [-0.39, 0.29) is 36.3 Å². The van der Waals surface area contributed by atoms with E-state index < -0.39 is 16.7 Å². The van der Waals surface area contributed by atoms with Crippen LogP contribution >= 0.6 is 11.3 Å². The summed E-state index contributed by atoms with van der Waals surface area (Å²) >= 11 is 0.553. The van der Waals surface area contributed by atoms with Crippen molar-refractivity contribution in [3.05, 3.63) is 16.3 Å². The molecule has 0 aliphatic carbocycles. The van der Waals surface area contributed by atoms with Gasteiger partial charge in [-0.3, -0.25) is 9.59 Å². The molecular formula is C20H30F3NO3S. The van der Waals surface area contributed by atoms with E-state index in [0.717, 1.165) is 12.5 Å². The van der Waals surface area contributed by atoms with Crippen LogP contribution in [0.2, 0.25) is 0 Å². The van der Waals surface area contributed by atoms with Gasteiger partial charge in [0, 0.05) is 36.9 Å². The lowest BCUT2D eigenvalue weighted by Gasteiger charge is -2.40. The molecule has 0 aliphatic heterocycles. The molecule has 0 spiro atoms. The Bertz CT molecular complexity index is 659. The van der Waals surface area contributed by atoms with E-state index in [9.17, 15) is 22.8 Å². The van der Waals surface area contributed by atoms with E-state index in [1.54, 1.807) is 11.8 Å². The zero-order valence-corrected chi connectivity index (χ0v) is 18.0. The Morgan fingerprint density at radius 3 is 2.32 bits per heavy atom. The van der Waals surface area contributed by atoms with Crippen molar-refractivity contribution in [3.8, 4) is 5.75 Å². The number of likely N-dealkylation sites (N-methyl/N-ethyl adjacent to an activating group) is 1. The van der Waals surface area contributed by atoms with Crippen LogP contribution in [-0.2, 0) is 15.8 Å². The molecule has 160 valence electrons. The Hall–Kier alpha value is -1.57. The Kier molecular flexibility index (Phi) is 8.98. The maximum atomic E-state index is 13.4. The van der Waals surface area contributed by atoms with Crippen LogP contribution in [0, 0.1) is 5.92 Å². The van der Waals surface area contributed by atoms with E-state index >= 15 is 0 Å². The molecule has 1 heterocycles. The fourth-order valence-electron chi connectivity index (χ4n) is 3.29. The molecular weight excluding hydrogens is 391 g/mol. The molecule has 1 amide bonds. The molecule has 4 nitrogen and oxygen atoms in total. The third-order valence-corrected chi connectivity index (χ3v) is 5.92. The largest absolute Gasteiger partial charge is 0.476 e. The third kappa shape index (κ3) is 5.96. The van der Waals surface area contributed by atoms with Crippen molar-refractivity contribution in [1.82, 2.24) is 4.90 Å². The molecule has 2 atom stereocenters. The van der Waals surface area contributed by atoms with Gasteiger partial charge in [-0.25, -0.2) is 0 Å². The molecule has 0 aliphatic rings.